The fraction of sp³-hybridized carbons (Fsp3) is 0.318. The van der Waals surface area contributed by atoms with E-state index in [2.05, 4.69) is 4.98 Å². The van der Waals surface area contributed by atoms with Crippen molar-refractivity contribution in [1.29, 1.82) is 0 Å². The molecule has 0 spiro atoms. The maximum atomic E-state index is 12.8. The van der Waals surface area contributed by atoms with Gasteiger partial charge in [0.25, 0.3) is 0 Å². The molecule has 0 N–H and O–H groups in total. The number of nitrogens with zero attached hydrogens (tertiary/aromatic N) is 3. The first-order valence-electron chi connectivity index (χ1n) is 10.6. The molecule has 11 heteroatoms. The van der Waals surface area contributed by atoms with Crippen molar-refractivity contribution in [3.05, 3.63) is 58.0 Å². The second-order valence-electron chi connectivity index (χ2n) is 7.75. The van der Waals surface area contributed by atoms with Crippen molar-refractivity contribution in [2.75, 3.05) is 13.1 Å². The molecular weight excluding hydrogens is 466 g/mol. The van der Waals surface area contributed by atoms with Crippen LogP contribution in [0, 0.1) is 0 Å². The lowest BCUT2D eigenvalue weighted by atomic mass is 10.3. The fourth-order valence-electron chi connectivity index (χ4n) is 3.90. The quantitative estimate of drug-likeness (QED) is 0.368. The minimum Gasteiger partial charge on any atom is -0.458 e. The summed E-state index contributed by atoms with van der Waals surface area (Å²) in [4.78, 5) is 29.1. The summed E-state index contributed by atoms with van der Waals surface area (Å²) in [5.41, 5.74) is 1.46. The Hall–Kier alpha value is -3.02. The van der Waals surface area contributed by atoms with Gasteiger partial charge in [0.15, 0.2) is 5.58 Å². The van der Waals surface area contributed by atoms with E-state index >= 15 is 0 Å². The molecule has 0 amide bonds. The number of benzene rings is 2. The minimum absolute atomic E-state index is 0.0345. The molecule has 1 aliphatic rings. The standard InChI is InChI=1S/C22H21N3O6S2/c26-21(30-14-20-23-16-5-1-2-6-19(16)32-20)9-12-25-17-8-7-15(13-18(17)31-22(25)27)33(28,29)24-10-3-4-11-24/h1-2,5-8,13H,3-4,9-12,14H2. The molecule has 172 valence electrons. The van der Waals surface area contributed by atoms with Gasteiger partial charge in [-0.3, -0.25) is 9.36 Å². The van der Waals surface area contributed by atoms with Crippen molar-refractivity contribution in [3.8, 4) is 0 Å². The molecule has 0 aliphatic carbocycles. The molecule has 33 heavy (non-hydrogen) atoms. The maximum absolute atomic E-state index is 12.8. The molecule has 1 aliphatic heterocycles. The molecule has 9 nitrogen and oxygen atoms in total. The zero-order chi connectivity index (χ0) is 23.0. The van der Waals surface area contributed by atoms with Crippen molar-refractivity contribution < 1.29 is 22.4 Å². The SMILES string of the molecule is O=C(CCn1c(=O)oc2cc(S(=O)(=O)N3CCCC3)ccc21)OCc1nc2ccccc2s1. The van der Waals surface area contributed by atoms with Crippen LogP contribution in [-0.2, 0) is 32.7 Å². The Bertz CT molecular complexity index is 1460. The van der Waals surface area contributed by atoms with Gasteiger partial charge in [0.1, 0.15) is 11.6 Å². The summed E-state index contributed by atoms with van der Waals surface area (Å²) in [7, 11) is -3.62. The van der Waals surface area contributed by atoms with E-state index in [0.29, 0.717) is 23.6 Å². The van der Waals surface area contributed by atoms with Crippen LogP contribution in [0.4, 0.5) is 0 Å². The molecule has 0 bridgehead atoms. The van der Waals surface area contributed by atoms with E-state index in [0.717, 1.165) is 23.1 Å². The van der Waals surface area contributed by atoms with Gasteiger partial charge in [-0.1, -0.05) is 12.1 Å². The van der Waals surface area contributed by atoms with E-state index < -0.39 is 21.7 Å². The average Bonchev–Trinajstić information content (AvgIpc) is 3.54. The highest BCUT2D eigenvalue weighted by atomic mass is 32.2. The number of para-hydroxylation sites is 1. The third-order valence-corrected chi connectivity index (χ3v) is 8.48. The minimum atomic E-state index is -3.62. The van der Waals surface area contributed by atoms with E-state index in [-0.39, 0.29) is 30.1 Å². The number of aromatic nitrogens is 2. The Kier molecular flexibility index (Phi) is 5.77. The number of aryl methyl sites for hydroxylation is 1. The molecular formula is C22H21N3O6S2. The number of esters is 1. The normalized spacial score (nSPS) is 14.9. The number of thiazole rings is 1. The van der Waals surface area contributed by atoms with Crippen LogP contribution in [0.15, 0.2) is 56.6 Å². The summed E-state index contributed by atoms with van der Waals surface area (Å²) in [5.74, 6) is -1.12. The molecule has 4 aromatic rings. The Labute approximate surface area is 193 Å². The Morgan fingerprint density at radius 2 is 1.94 bits per heavy atom. The number of hydrogen-bond acceptors (Lipinski definition) is 8. The van der Waals surface area contributed by atoms with E-state index in [4.69, 9.17) is 9.15 Å². The number of sulfonamides is 1. The van der Waals surface area contributed by atoms with Gasteiger partial charge in [-0.2, -0.15) is 4.31 Å². The predicted octanol–water partition coefficient (Wildman–Crippen LogP) is 3.12. The molecule has 0 radical (unpaired) electrons. The first-order chi connectivity index (χ1) is 15.9. The monoisotopic (exact) mass is 487 g/mol. The van der Waals surface area contributed by atoms with Crippen molar-refractivity contribution in [2.45, 2.75) is 37.3 Å². The number of ether oxygens (including phenoxy) is 1. The molecule has 0 atom stereocenters. The second kappa shape index (κ2) is 8.73. The van der Waals surface area contributed by atoms with Gasteiger partial charge in [-0.15, -0.1) is 11.3 Å². The Morgan fingerprint density at radius 3 is 2.73 bits per heavy atom. The molecule has 0 saturated carbocycles. The number of fused-ring (bicyclic) bond motifs is 2. The number of hydrogen-bond donors (Lipinski definition) is 0. The maximum Gasteiger partial charge on any atom is 0.419 e. The predicted molar refractivity (Wildman–Crippen MR) is 122 cm³/mol. The number of rotatable bonds is 7. The summed E-state index contributed by atoms with van der Waals surface area (Å²) in [6.07, 6.45) is 1.64. The zero-order valence-electron chi connectivity index (χ0n) is 17.6. The summed E-state index contributed by atoms with van der Waals surface area (Å²) >= 11 is 1.46. The van der Waals surface area contributed by atoms with Gasteiger partial charge < -0.3 is 9.15 Å². The molecule has 1 saturated heterocycles. The molecule has 2 aromatic carbocycles. The molecule has 3 heterocycles. The highest BCUT2D eigenvalue weighted by Gasteiger charge is 2.28. The van der Waals surface area contributed by atoms with Crippen LogP contribution in [-0.4, -0.2) is 41.3 Å². The Morgan fingerprint density at radius 1 is 1.15 bits per heavy atom. The summed E-state index contributed by atoms with van der Waals surface area (Å²) in [5, 5.41) is 0.696. The lowest BCUT2D eigenvalue weighted by Crippen LogP contribution is -2.27. The van der Waals surface area contributed by atoms with Crippen molar-refractivity contribution in [2.24, 2.45) is 0 Å². The van der Waals surface area contributed by atoms with Crippen LogP contribution in [0.3, 0.4) is 0 Å². The topological polar surface area (TPSA) is 112 Å². The number of carbonyl (C=O) groups excluding carboxylic acids is 1. The van der Waals surface area contributed by atoms with Gasteiger partial charge >= 0.3 is 11.7 Å². The van der Waals surface area contributed by atoms with Crippen molar-refractivity contribution in [3.63, 3.8) is 0 Å². The van der Waals surface area contributed by atoms with E-state index in [1.54, 1.807) is 0 Å². The zero-order valence-corrected chi connectivity index (χ0v) is 19.2. The van der Waals surface area contributed by atoms with Crippen molar-refractivity contribution >= 4 is 48.6 Å². The molecule has 5 rings (SSSR count). The Balaban J connectivity index is 1.26. The molecule has 2 aromatic heterocycles. The largest absolute Gasteiger partial charge is 0.458 e. The highest BCUT2D eigenvalue weighted by molar-refractivity contribution is 7.89. The summed E-state index contributed by atoms with van der Waals surface area (Å²) in [6.45, 7) is 1.11. The summed E-state index contributed by atoms with van der Waals surface area (Å²) < 4.78 is 39.9. The highest BCUT2D eigenvalue weighted by Crippen LogP contribution is 2.25. The third-order valence-electron chi connectivity index (χ3n) is 5.58. The average molecular weight is 488 g/mol. The second-order valence-corrected chi connectivity index (χ2v) is 10.8. The lowest BCUT2D eigenvalue weighted by molar-refractivity contribution is -0.145. The number of carbonyl (C=O) groups is 1. The van der Waals surface area contributed by atoms with Crippen LogP contribution in [0.25, 0.3) is 21.3 Å². The fourth-order valence-corrected chi connectivity index (χ4v) is 6.31. The van der Waals surface area contributed by atoms with Crippen LogP contribution < -0.4 is 5.76 Å². The van der Waals surface area contributed by atoms with Crippen LogP contribution in [0.1, 0.15) is 24.3 Å². The number of oxazole rings is 1. The van der Waals surface area contributed by atoms with Crippen LogP contribution in [0.5, 0.6) is 0 Å². The van der Waals surface area contributed by atoms with Gasteiger partial charge in [0.05, 0.1) is 27.0 Å². The van der Waals surface area contributed by atoms with Gasteiger partial charge in [0.2, 0.25) is 10.0 Å². The third kappa shape index (κ3) is 4.31. The van der Waals surface area contributed by atoms with E-state index in [1.807, 2.05) is 24.3 Å². The van der Waals surface area contributed by atoms with Crippen LogP contribution >= 0.6 is 11.3 Å². The molecule has 1 fully saturated rings. The van der Waals surface area contributed by atoms with Gasteiger partial charge in [-0.05, 0) is 37.1 Å². The smallest absolute Gasteiger partial charge is 0.419 e. The van der Waals surface area contributed by atoms with Gasteiger partial charge in [0, 0.05) is 25.7 Å². The van der Waals surface area contributed by atoms with E-state index in [9.17, 15) is 18.0 Å². The molecule has 0 unspecified atom stereocenters. The van der Waals surface area contributed by atoms with Gasteiger partial charge in [-0.25, -0.2) is 18.2 Å². The van der Waals surface area contributed by atoms with Crippen molar-refractivity contribution in [1.82, 2.24) is 13.9 Å². The lowest BCUT2D eigenvalue weighted by Gasteiger charge is -2.15. The van der Waals surface area contributed by atoms with E-state index in [1.165, 1.54) is 38.4 Å². The first-order valence-corrected chi connectivity index (χ1v) is 12.8. The van der Waals surface area contributed by atoms with Crippen LogP contribution in [0.2, 0.25) is 0 Å². The summed E-state index contributed by atoms with van der Waals surface area (Å²) in [6, 6.07) is 12.0. The first kappa shape index (κ1) is 21.8.